The molecule has 0 spiro atoms. The number of allylic oxidation sites excluding steroid dienone is 2. The molecule has 18 heavy (non-hydrogen) atoms. The third-order valence-corrected chi connectivity index (χ3v) is 5.65. The molecule has 0 aromatic rings. The SMILES string of the molecule is OC1CCC2C3=C(CNC2C1)C1CCCC1=CC3. The van der Waals surface area contributed by atoms with Crippen LogP contribution in [-0.4, -0.2) is 23.8 Å². The first-order chi connectivity index (χ1) is 8.83. The van der Waals surface area contributed by atoms with Crippen molar-refractivity contribution in [2.24, 2.45) is 11.8 Å². The highest BCUT2D eigenvalue weighted by molar-refractivity contribution is 5.39. The fourth-order valence-corrected chi connectivity index (χ4v) is 4.77. The van der Waals surface area contributed by atoms with Crippen LogP contribution >= 0.6 is 0 Å². The molecule has 4 rings (SSSR count). The van der Waals surface area contributed by atoms with E-state index in [1.54, 1.807) is 16.7 Å². The van der Waals surface area contributed by atoms with Gasteiger partial charge in [0.2, 0.25) is 0 Å². The second-order valence-electron chi connectivity index (χ2n) is 6.54. The van der Waals surface area contributed by atoms with Gasteiger partial charge in [0, 0.05) is 18.5 Å². The van der Waals surface area contributed by atoms with Crippen LogP contribution < -0.4 is 5.32 Å². The van der Waals surface area contributed by atoms with Gasteiger partial charge in [0.25, 0.3) is 0 Å². The molecule has 4 aliphatic rings. The van der Waals surface area contributed by atoms with E-state index in [1.807, 2.05) is 0 Å². The summed E-state index contributed by atoms with van der Waals surface area (Å²) in [6, 6.07) is 0.545. The summed E-state index contributed by atoms with van der Waals surface area (Å²) in [6.45, 7) is 1.09. The molecule has 2 saturated carbocycles. The molecule has 4 atom stereocenters. The predicted octanol–water partition coefficient (Wildman–Crippen LogP) is 2.55. The number of rotatable bonds is 0. The van der Waals surface area contributed by atoms with Crippen LogP contribution in [0.4, 0.5) is 0 Å². The Balaban J connectivity index is 1.65. The maximum absolute atomic E-state index is 9.83. The van der Waals surface area contributed by atoms with Crippen molar-refractivity contribution in [1.82, 2.24) is 5.32 Å². The standard InChI is InChI=1S/C16H23NO/c18-11-5-7-14-13-6-4-10-2-1-3-12(10)15(13)9-17-16(14)8-11/h4,11-12,14,16-18H,1-3,5-9H2. The van der Waals surface area contributed by atoms with Gasteiger partial charge in [-0.25, -0.2) is 0 Å². The minimum absolute atomic E-state index is 0.0675. The number of aliphatic hydroxyl groups is 1. The molecular formula is C16H23NO. The average molecular weight is 245 g/mol. The topological polar surface area (TPSA) is 32.3 Å². The van der Waals surface area contributed by atoms with Crippen LogP contribution in [0.25, 0.3) is 0 Å². The van der Waals surface area contributed by atoms with Gasteiger partial charge >= 0.3 is 0 Å². The second kappa shape index (κ2) is 4.21. The smallest absolute Gasteiger partial charge is 0.0555 e. The molecule has 0 saturated heterocycles. The van der Waals surface area contributed by atoms with Gasteiger partial charge in [0.15, 0.2) is 0 Å². The molecule has 0 aromatic carbocycles. The Bertz CT molecular complexity index is 423. The number of hydrogen-bond acceptors (Lipinski definition) is 2. The number of hydrogen-bond donors (Lipinski definition) is 2. The summed E-state index contributed by atoms with van der Waals surface area (Å²) in [7, 11) is 0. The van der Waals surface area contributed by atoms with E-state index < -0.39 is 0 Å². The van der Waals surface area contributed by atoms with Crippen molar-refractivity contribution in [3.63, 3.8) is 0 Å². The number of fused-ring (bicyclic) bond motifs is 4. The first-order valence-corrected chi connectivity index (χ1v) is 7.65. The van der Waals surface area contributed by atoms with E-state index in [4.69, 9.17) is 0 Å². The van der Waals surface area contributed by atoms with Crippen LogP contribution in [0.3, 0.4) is 0 Å². The maximum Gasteiger partial charge on any atom is 0.0555 e. The summed E-state index contributed by atoms with van der Waals surface area (Å²) in [5, 5.41) is 13.5. The number of aliphatic hydroxyl groups excluding tert-OH is 1. The second-order valence-corrected chi connectivity index (χ2v) is 6.54. The largest absolute Gasteiger partial charge is 0.393 e. The Hall–Kier alpha value is -0.600. The quantitative estimate of drug-likeness (QED) is 0.643. The van der Waals surface area contributed by atoms with Gasteiger partial charge in [-0.1, -0.05) is 17.2 Å². The lowest BCUT2D eigenvalue weighted by Crippen LogP contribution is -2.48. The van der Waals surface area contributed by atoms with Crippen LogP contribution in [0.2, 0.25) is 0 Å². The van der Waals surface area contributed by atoms with Crippen LogP contribution in [0.15, 0.2) is 22.8 Å². The zero-order chi connectivity index (χ0) is 12.1. The van der Waals surface area contributed by atoms with E-state index in [0.717, 1.165) is 31.2 Å². The molecule has 4 unspecified atom stereocenters. The van der Waals surface area contributed by atoms with Crippen molar-refractivity contribution in [3.8, 4) is 0 Å². The molecule has 2 fully saturated rings. The molecule has 98 valence electrons. The molecule has 0 aromatic heterocycles. The van der Waals surface area contributed by atoms with E-state index in [-0.39, 0.29) is 6.10 Å². The molecule has 2 heteroatoms. The van der Waals surface area contributed by atoms with Gasteiger partial charge in [0.1, 0.15) is 0 Å². The molecule has 1 heterocycles. The third kappa shape index (κ3) is 1.62. The molecule has 2 N–H and O–H groups in total. The van der Waals surface area contributed by atoms with Crippen molar-refractivity contribution < 1.29 is 5.11 Å². The Morgan fingerprint density at radius 3 is 3.06 bits per heavy atom. The van der Waals surface area contributed by atoms with Crippen molar-refractivity contribution in [2.45, 2.75) is 57.1 Å². The van der Waals surface area contributed by atoms with Gasteiger partial charge in [-0.3, -0.25) is 0 Å². The van der Waals surface area contributed by atoms with E-state index in [9.17, 15) is 5.11 Å². The van der Waals surface area contributed by atoms with Crippen molar-refractivity contribution in [1.29, 1.82) is 0 Å². The number of nitrogens with one attached hydrogen (secondary N) is 1. The van der Waals surface area contributed by atoms with Crippen LogP contribution in [0.5, 0.6) is 0 Å². The Morgan fingerprint density at radius 1 is 1.17 bits per heavy atom. The monoisotopic (exact) mass is 245 g/mol. The summed E-state index contributed by atoms with van der Waals surface area (Å²) in [5.41, 5.74) is 5.22. The zero-order valence-corrected chi connectivity index (χ0v) is 11.0. The highest BCUT2D eigenvalue weighted by Gasteiger charge is 2.39. The fourth-order valence-electron chi connectivity index (χ4n) is 4.77. The minimum atomic E-state index is -0.0675. The molecule has 3 aliphatic carbocycles. The summed E-state index contributed by atoms with van der Waals surface area (Å²) >= 11 is 0. The average Bonchev–Trinajstić information content (AvgIpc) is 2.86. The van der Waals surface area contributed by atoms with Crippen molar-refractivity contribution >= 4 is 0 Å². The Kier molecular flexibility index (Phi) is 2.63. The minimum Gasteiger partial charge on any atom is -0.393 e. The first kappa shape index (κ1) is 11.2. The lowest BCUT2D eigenvalue weighted by molar-refractivity contribution is 0.0890. The third-order valence-electron chi connectivity index (χ3n) is 5.65. The fraction of sp³-hybridized carbons (Fsp3) is 0.750. The van der Waals surface area contributed by atoms with E-state index in [0.29, 0.717) is 6.04 Å². The summed E-state index contributed by atoms with van der Waals surface area (Å²) in [6.07, 6.45) is 10.9. The molecule has 0 radical (unpaired) electrons. The normalized spacial score (nSPS) is 43.1. The zero-order valence-electron chi connectivity index (χ0n) is 11.0. The highest BCUT2D eigenvalue weighted by Crippen LogP contribution is 2.47. The summed E-state index contributed by atoms with van der Waals surface area (Å²) < 4.78 is 0. The van der Waals surface area contributed by atoms with Gasteiger partial charge in [-0.15, -0.1) is 0 Å². The lowest BCUT2D eigenvalue weighted by Gasteiger charge is -2.44. The molecule has 1 aliphatic heterocycles. The maximum atomic E-state index is 9.83. The first-order valence-electron chi connectivity index (χ1n) is 7.65. The summed E-state index contributed by atoms with van der Waals surface area (Å²) in [5.74, 6) is 1.50. The molecular weight excluding hydrogens is 222 g/mol. The molecule has 0 bridgehead atoms. The van der Waals surface area contributed by atoms with E-state index in [1.165, 1.54) is 32.1 Å². The van der Waals surface area contributed by atoms with Gasteiger partial charge in [-0.05, 0) is 56.4 Å². The molecule has 0 amide bonds. The lowest BCUT2D eigenvalue weighted by atomic mass is 9.69. The summed E-state index contributed by atoms with van der Waals surface area (Å²) in [4.78, 5) is 0. The van der Waals surface area contributed by atoms with Gasteiger partial charge in [-0.2, -0.15) is 0 Å². The highest BCUT2D eigenvalue weighted by atomic mass is 16.3. The van der Waals surface area contributed by atoms with Crippen LogP contribution in [0, 0.1) is 11.8 Å². The Morgan fingerprint density at radius 2 is 2.11 bits per heavy atom. The molecule has 2 nitrogen and oxygen atoms in total. The van der Waals surface area contributed by atoms with Crippen LogP contribution in [-0.2, 0) is 0 Å². The van der Waals surface area contributed by atoms with Crippen molar-refractivity contribution in [3.05, 3.63) is 22.8 Å². The van der Waals surface area contributed by atoms with Crippen molar-refractivity contribution in [2.75, 3.05) is 6.54 Å². The van der Waals surface area contributed by atoms with Crippen LogP contribution in [0.1, 0.15) is 44.9 Å². The van der Waals surface area contributed by atoms with E-state index >= 15 is 0 Å². The van der Waals surface area contributed by atoms with Gasteiger partial charge < -0.3 is 10.4 Å². The predicted molar refractivity (Wildman–Crippen MR) is 72.2 cm³/mol. The Labute approximate surface area is 109 Å². The van der Waals surface area contributed by atoms with E-state index in [2.05, 4.69) is 11.4 Å². The van der Waals surface area contributed by atoms with Gasteiger partial charge in [0.05, 0.1) is 6.10 Å².